The highest BCUT2D eigenvalue weighted by atomic mass is 35.5. The van der Waals surface area contributed by atoms with Gasteiger partial charge in [-0.1, -0.05) is 41.4 Å². The van der Waals surface area contributed by atoms with Gasteiger partial charge in [0.25, 0.3) is 5.91 Å². The molecule has 26 heavy (non-hydrogen) atoms. The van der Waals surface area contributed by atoms with Gasteiger partial charge in [-0.05, 0) is 30.3 Å². The van der Waals surface area contributed by atoms with E-state index in [0.717, 1.165) is 11.0 Å². The second kappa shape index (κ2) is 8.36. The lowest BCUT2D eigenvalue weighted by Crippen LogP contribution is -2.28. The first-order chi connectivity index (χ1) is 12.6. The van der Waals surface area contributed by atoms with Gasteiger partial charge < -0.3 is 15.0 Å². The fourth-order valence-electron chi connectivity index (χ4n) is 2.48. The lowest BCUT2D eigenvalue weighted by molar-refractivity contribution is -0.115. The van der Waals surface area contributed by atoms with Crippen LogP contribution < -0.4 is 5.32 Å². The van der Waals surface area contributed by atoms with Crippen molar-refractivity contribution in [1.29, 1.82) is 0 Å². The van der Waals surface area contributed by atoms with Crippen LogP contribution in [0.4, 0.5) is 0 Å². The number of imidazole rings is 1. The largest absolute Gasteiger partial charge is 0.383 e. The number of aromatic amines is 1. The Morgan fingerprint density at radius 1 is 1.19 bits per heavy atom. The molecule has 7 heteroatoms. The van der Waals surface area contributed by atoms with Gasteiger partial charge >= 0.3 is 0 Å². The monoisotopic (exact) mass is 389 g/mol. The van der Waals surface area contributed by atoms with Gasteiger partial charge in [0.05, 0.1) is 23.2 Å². The van der Waals surface area contributed by atoms with Crippen LogP contribution in [0.3, 0.4) is 0 Å². The Hall–Kier alpha value is -2.34. The zero-order chi connectivity index (χ0) is 18.5. The molecule has 1 heterocycles. The number of hydrogen-bond donors (Lipinski definition) is 2. The maximum absolute atomic E-state index is 12.7. The molecule has 0 aliphatic carbocycles. The van der Waals surface area contributed by atoms with Crippen molar-refractivity contribution in [3.8, 4) is 0 Å². The topological polar surface area (TPSA) is 67.0 Å². The minimum Gasteiger partial charge on any atom is -0.383 e. The average Bonchev–Trinajstić information content (AvgIpc) is 3.05. The molecule has 0 saturated heterocycles. The molecule has 0 aliphatic heterocycles. The van der Waals surface area contributed by atoms with Crippen molar-refractivity contribution in [3.63, 3.8) is 0 Å². The Balaban J connectivity index is 2.06. The summed E-state index contributed by atoms with van der Waals surface area (Å²) in [5.74, 6) is 0.147. The first kappa shape index (κ1) is 18.5. The highest BCUT2D eigenvalue weighted by molar-refractivity contribution is 6.38. The lowest BCUT2D eigenvalue weighted by Gasteiger charge is -2.08. The minimum absolute atomic E-state index is 0.294. The molecule has 2 aromatic carbocycles. The molecule has 1 amide bonds. The summed E-state index contributed by atoms with van der Waals surface area (Å²) in [7, 11) is 1.58. The van der Waals surface area contributed by atoms with Crippen molar-refractivity contribution >= 4 is 51.8 Å². The van der Waals surface area contributed by atoms with Crippen LogP contribution >= 0.6 is 23.2 Å². The highest BCUT2D eigenvalue weighted by Gasteiger charge is 2.17. The Bertz CT molecular complexity index is 913. The van der Waals surface area contributed by atoms with Crippen molar-refractivity contribution in [2.24, 2.45) is 0 Å². The number of carbonyl (C=O) groups is 1. The molecule has 2 N–H and O–H groups in total. The van der Waals surface area contributed by atoms with E-state index >= 15 is 0 Å². The minimum atomic E-state index is -0.294. The lowest BCUT2D eigenvalue weighted by atomic mass is 10.1. The molecule has 0 saturated carbocycles. The van der Waals surface area contributed by atoms with E-state index in [1.54, 1.807) is 31.4 Å². The van der Waals surface area contributed by atoms with Gasteiger partial charge in [0.15, 0.2) is 0 Å². The molecule has 0 bridgehead atoms. The fourth-order valence-corrected chi connectivity index (χ4v) is 2.98. The average molecular weight is 390 g/mol. The SMILES string of the molecule is COCCNC(=O)/C(=C/c1c(Cl)cccc1Cl)c1nc2ccccc2[nH]1. The van der Waals surface area contributed by atoms with Gasteiger partial charge in [0.1, 0.15) is 5.82 Å². The van der Waals surface area contributed by atoms with E-state index in [9.17, 15) is 4.79 Å². The molecular weight excluding hydrogens is 373 g/mol. The van der Waals surface area contributed by atoms with Crippen LogP contribution in [0.1, 0.15) is 11.4 Å². The number of methoxy groups -OCH3 is 1. The summed E-state index contributed by atoms with van der Waals surface area (Å²) in [5.41, 5.74) is 2.51. The predicted octanol–water partition coefficient (Wildman–Crippen LogP) is 4.17. The van der Waals surface area contributed by atoms with Crippen molar-refractivity contribution in [3.05, 3.63) is 63.9 Å². The number of rotatable bonds is 6. The summed E-state index contributed by atoms with van der Waals surface area (Å²) < 4.78 is 4.98. The Morgan fingerprint density at radius 3 is 2.62 bits per heavy atom. The molecule has 0 spiro atoms. The van der Waals surface area contributed by atoms with E-state index in [2.05, 4.69) is 15.3 Å². The van der Waals surface area contributed by atoms with Gasteiger partial charge in [-0.15, -0.1) is 0 Å². The third-order valence-corrected chi connectivity index (χ3v) is 4.43. The summed E-state index contributed by atoms with van der Waals surface area (Å²) in [6, 6.07) is 12.8. The fraction of sp³-hybridized carbons (Fsp3) is 0.158. The summed E-state index contributed by atoms with van der Waals surface area (Å²) in [4.78, 5) is 20.4. The molecule has 0 unspecified atom stereocenters. The highest BCUT2D eigenvalue weighted by Crippen LogP contribution is 2.29. The van der Waals surface area contributed by atoms with Crippen LogP contribution in [0.25, 0.3) is 22.7 Å². The number of para-hydroxylation sites is 2. The summed E-state index contributed by atoms with van der Waals surface area (Å²) in [5, 5.41) is 3.72. The van der Waals surface area contributed by atoms with Crippen molar-refractivity contribution < 1.29 is 9.53 Å². The molecule has 3 rings (SSSR count). The number of halogens is 2. The van der Waals surface area contributed by atoms with Crippen LogP contribution in [0.2, 0.25) is 10.0 Å². The van der Waals surface area contributed by atoms with Gasteiger partial charge in [-0.25, -0.2) is 4.98 Å². The number of aromatic nitrogens is 2. The van der Waals surface area contributed by atoms with E-state index in [1.165, 1.54) is 0 Å². The van der Waals surface area contributed by atoms with Crippen molar-refractivity contribution in [2.45, 2.75) is 0 Å². The number of fused-ring (bicyclic) bond motifs is 1. The van der Waals surface area contributed by atoms with Gasteiger partial charge in [0.2, 0.25) is 0 Å². The molecule has 0 atom stereocenters. The number of hydrogen-bond acceptors (Lipinski definition) is 3. The first-order valence-corrected chi connectivity index (χ1v) is 8.73. The van der Waals surface area contributed by atoms with Crippen LogP contribution in [0.5, 0.6) is 0 Å². The smallest absolute Gasteiger partial charge is 0.255 e. The molecule has 3 aromatic rings. The van der Waals surface area contributed by atoms with E-state index in [-0.39, 0.29) is 5.91 Å². The van der Waals surface area contributed by atoms with E-state index in [1.807, 2.05) is 24.3 Å². The number of benzene rings is 2. The third kappa shape index (κ3) is 4.07. The van der Waals surface area contributed by atoms with E-state index < -0.39 is 0 Å². The van der Waals surface area contributed by atoms with Gasteiger partial charge in [-0.3, -0.25) is 4.79 Å². The molecular formula is C19H17Cl2N3O2. The molecule has 5 nitrogen and oxygen atoms in total. The van der Waals surface area contributed by atoms with Crippen molar-refractivity contribution in [1.82, 2.24) is 15.3 Å². The molecule has 0 fully saturated rings. The summed E-state index contributed by atoms with van der Waals surface area (Å²) in [6.45, 7) is 0.787. The summed E-state index contributed by atoms with van der Waals surface area (Å²) >= 11 is 12.5. The van der Waals surface area contributed by atoms with Gasteiger partial charge in [-0.2, -0.15) is 0 Å². The van der Waals surface area contributed by atoms with Crippen molar-refractivity contribution in [2.75, 3.05) is 20.3 Å². The first-order valence-electron chi connectivity index (χ1n) is 7.98. The van der Waals surface area contributed by atoms with Crippen LogP contribution in [0.15, 0.2) is 42.5 Å². The Labute approximate surface area is 161 Å². The zero-order valence-corrected chi connectivity index (χ0v) is 15.6. The maximum atomic E-state index is 12.7. The van der Waals surface area contributed by atoms with Crippen LogP contribution in [-0.2, 0) is 9.53 Å². The van der Waals surface area contributed by atoms with E-state index in [0.29, 0.717) is 40.2 Å². The standard InChI is InChI=1S/C19H17Cl2N3O2/c1-26-10-9-22-19(25)13(11-12-14(20)5-4-6-15(12)21)18-23-16-7-2-3-8-17(16)24-18/h2-8,11H,9-10H2,1H3,(H,22,25)(H,23,24)/b13-11+. The Kier molecular flexibility index (Phi) is 5.93. The number of nitrogens with zero attached hydrogens (tertiary/aromatic N) is 1. The normalized spacial score (nSPS) is 11.7. The number of ether oxygens (including phenoxy) is 1. The Morgan fingerprint density at radius 2 is 1.92 bits per heavy atom. The quantitative estimate of drug-likeness (QED) is 0.490. The third-order valence-electron chi connectivity index (χ3n) is 3.77. The van der Waals surface area contributed by atoms with Gasteiger partial charge in [0, 0.05) is 29.3 Å². The molecule has 0 radical (unpaired) electrons. The second-order valence-corrected chi connectivity index (χ2v) is 6.36. The zero-order valence-electron chi connectivity index (χ0n) is 14.1. The number of carbonyl (C=O) groups excluding carboxylic acids is 1. The van der Waals surface area contributed by atoms with E-state index in [4.69, 9.17) is 27.9 Å². The van der Waals surface area contributed by atoms with Crippen LogP contribution in [-0.4, -0.2) is 36.1 Å². The molecule has 1 aromatic heterocycles. The van der Waals surface area contributed by atoms with Crippen LogP contribution in [0, 0.1) is 0 Å². The number of nitrogens with one attached hydrogen (secondary N) is 2. The number of H-pyrrole nitrogens is 1. The molecule has 134 valence electrons. The maximum Gasteiger partial charge on any atom is 0.255 e. The number of amides is 1. The predicted molar refractivity (Wildman–Crippen MR) is 105 cm³/mol. The summed E-state index contributed by atoms with van der Waals surface area (Å²) in [6.07, 6.45) is 1.64. The molecule has 0 aliphatic rings. The second-order valence-electron chi connectivity index (χ2n) is 5.54.